The number of hydrogen-bond acceptors (Lipinski definition) is 3. The smallest absolute Gasteiger partial charge is 0.246 e. The molecule has 4 nitrogen and oxygen atoms in total. The molecule has 0 spiro atoms. The van der Waals surface area contributed by atoms with Crippen LogP contribution in [0.2, 0.25) is 0 Å². The average molecular weight is 308 g/mol. The minimum absolute atomic E-state index is 0.0403. The molecule has 2 N–H and O–H groups in total. The topological polar surface area (TPSA) is 58.2 Å². The SMILES string of the molecule is O=S(=O)(NCC1CCCCN1)c1c(F)cc(F)cc1F. The molecule has 0 bridgehead atoms. The summed E-state index contributed by atoms with van der Waals surface area (Å²) in [5, 5.41) is 3.11. The highest BCUT2D eigenvalue weighted by molar-refractivity contribution is 7.89. The minimum Gasteiger partial charge on any atom is -0.313 e. The molecular weight excluding hydrogens is 293 g/mol. The normalized spacial score (nSPS) is 20.1. The van der Waals surface area contributed by atoms with Gasteiger partial charge in [-0.2, -0.15) is 0 Å². The maximum atomic E-state index is 13.5. The number of halogens is 3. The Morgan fingerprint density at radius 2 is 1.85 bits per heavy atom. The summed E-state index contributed by atoms with van der Waals surface area (Å²) in [6.45, 7) is 0.824. The molecule has 1 saturated heterocycles. The van der Waals surface area contributed by atoms with Crippen LogP contribution in [0.4, 0.5) is 13.2 Å². The lowest BCUT2D eigenvalue weighted by Crippen LogP contribution is -2.43. The van der Waals surface area contributed by atoms with E-state index in [2.05, 4.69) is 10.0 Å². The fourth-order valence-corrected chi connectivity index (χ4v) is 3.36. The Hall–Kier alpha value is -1.12. The highest BCUT2D eigenvalue weighted by atomic mass is 32.2. The first-order valence-electron chi connectivity index (χ1n) is 6.28. The van der Waals surface area contributed by atoms with E-state index >= 15 is 0 Å². The molecule has 20 heavy (non-hydrogen) atoms. The van der Waals surface area contributed by atoms with Crippen LogP contribution in [-0.2, 0) is 10.0 Å². The van der Waals surface area contributed by atoms with Crippen LogP contribution in [0.15, 0.2) is 17.0 Å². The van der Waals surface area contributed by atoms with Gasteiger partial charge in [-0.1, -0.05) is 6.42 Å². The molecule has 1 aliphatic rings. The van der Waals surface area contributed by atoms with Crippen LogP contribution in [0, 0.1) is 17.5 Å². The van der Waals surface area contributed by atoms with Crippen LogP contribution in [0.5, 0.6) is 0 Å². The molecule has 2 rings (SSSR count). The first kappa shape index (κ1) is 15.3. The van der Waals surface area contributed by atoms with Gasteiger partial charge in [-0.25, -0.2) is 26.3 Å². The van der Waals surface area contributed by atoms with E-state index in [1.54, 1.807) is 0 Å². The van der Waals surface area contributed by atoms with Crippen molar-refractivity contribution in [3.63, 3.8) is 0 Å². The molecule has 1 aromatic rings. The molecule has 8 heteroatoms. The van der Waals surface area contributed by atoms with Gasteiger partial charge in [-0.15, -0.1) is 0 Å². The van der Waals surface area contributed by atoms with Crippen molar-refractivity contribution in [3.8, 4) is 0 Å². The number of rotatable bonds is 4. The second-order valence-electron chi connectivity index (χ2n) is 4.70. The summed E-state index contributed by atoms with van der Waals surface area (Å²) in [6.07, 6.45) is 2.78. The van der Waals surface area contributed by atoms with Crippen LogP contribution >= 0.6 is 0 Å². The van der Waals surface area contributed by atoms with Crippen molar-refractivity contribution in [2.75, 3.05) is 13.1 Å². The number of nitrogens with one attached hydrogen (secondary N) is 2. The monoisotopic (exact) mass is 308 g/mol. The predicted octanol–water partition coefficient (Wildman–Crippen LogP) is 1.52. The molecule has 0 amide bonds. The van der Waals surface area contributed by atoms with Crippen molar-refractivity contribution >= 4 is 10.0 Å². The molecule has 0 radical (unpaired) electrons. The van der Waals surface area contributed by atoms with Gasteiger partial charge >= 0.3 is 0 Å². The van der Waals surface area contributed by atoms with Crippen LogP contribution in [-0.4, -0.2) is 27.5 Å². The number of hydrogen-bond donors (Lipinski definition) is 2. The minimum atomic E-state index is -4.34. The fraction of sp³-hybridized carbons (Fsp3) is 0.500. The molecule has 0 aromatic heterocycles. The molecule has 1 atom stereocenters. The van der Waals surface area contributed by atoms with Crippen molar-refractivity contribution in [1.29, 1.82) is 0 Å². The second-order valence-corrected chi connectivity index (χ2v) is 6.40. The van der Waals surface area contributed by atoms with E-state index in [0.29, 0.717) is 12.1 Å². The van der Waals surface area contributed by atoms with Crippen molar-refractivity contribution in [1.82, 2.24) is 10.0 Å². The van der Waals surface area contributed by atoms with Crippen LogP contribution in [0.25, 0.3) is 0 Å². The van der Waals surface area contributed by atoms with Crippen molar-refractivity contribution in [2.24, 2.45) is 0 Å². The molecule has 1 aromatic carbocycles. The predicted molar refractivity (Wildman–Crippen MR) is 67.1 cm³/mol. The first-order valence-corrected chi connectivity index (χ1v) is 7.76. The van der Waals surface area contributed by atoms with Crippen LogP contribution in [0.3, 0.4) is 0 Å². The maximum Gasteiger partial charge on any atom is 0.246 e. The third kappa shape index (κ3) is 3.50. The van der Waals surface area contributed by atoms with Gasteiger partial charge < -0.3 is 5.32 Å². The van der Waals surface area contributed by atoms with Crippen molar-refractivity contribution in [2.45, 2.75) is 30.2 Å². The Labute approximate surface area is 115 Å². The van der Waals surface area contributed by atoms with Crippen LogP contribution < -0.4 is 10.0 Å². The lowest BCUT2D eigenvalue weighted by atomic mass is 10.1. The van der Waals surface area contributed by atoms with Gasteiger partial charge in [-0.05, 0) is 19.4 Å². The summed E-state index contributed by atoms with van der Waals surface area (Å²) in [4.78, 5) is -1.14. The zero-order valence-electron chi connectivity index (χ0n) is 10.6. The second kappa shape index (κ2) is 6.11. The van der Waals surface area contributed by atoms with Gasteiger partial charge in [0, 0.05) is 24.7 Å². The summed E-state index contributed by atoms with van der Waals surface area (Å²) >= 11 is 0. The summed E-state index contributed by atoms with van der Waals surface area (Å²) in [7, 11) is -4.34. The Balaban J connectivity index is 2.14. The Kier molecular flexibility index (Phi) is 4.66. The molecule has 1 unspecified atom stereocenters. The average Bonchev–Trinajstić information content (AvgIpc) is 2.36. The van der Waals surface area contributed by atoms with E-state index in [1.807, 2.05) is 0 Å². The summed E-state index contributed by atoms with van der Waals surface area (Å²) in [5.41, 5.74) is 0. The summed E-state index contributed by atoms with van der Waals surface area (Å²) in [5.74, 6) is -4.04. The number of benzene rings is 1. The summed E-state index contributed by atoms with van der Waals surface area (Å²) in [6, 6.07) is 0.623. The van der Waals surface area contributed by atoms with E-state index < -0.39 is 32.4 Å². The third-order valence-corrected chi connectivity index (χ3v) is 4.64. The number of sulfonamides is 1. The third-order valence-electron chi connectivity index (χ3n) is 3.16. The van der Waals surface area contributed by atoms with Crippen molar-refractivity contribution in [3.05, 3.63) is 29.6 Å². The largest absolute Gasteiger partial charge is 0.313 e. The van der Waals surface area contributed by atoms with E-state index in [-0.39, 0.29) is 12.6 Å². The highest BCUT2D eigenvalue weighted by Crippen LogP contribution is 2.20. The van der Waals surface area contributed by atoms with Gasteiger partial charge in [0.2, 0.25) is 10.0 Å². The fourth-order valence-electron chi connectivity index (χ4n) is 2.17. The highest BCUT2D eigenvalue weighted by Gasteiger charge is 2.26. The van der Waals surface area contributed by atoms with Crippen LogP contribution in [0.1, 0.15) is 19.3 Å². The molecule has 1 fully saturated rings. The Bertz CT molecular complexity index is 563. The standard InChI is InChI=1S/C12H15F3N2O2S/c13-8-5-10(14)12(11(15)6-8)20(18,19)17-7-9-3-1-2-4-16-9/h5-6,9,16-17H,1-4,7H2. The van der Waals surface area contributed by atoms with Gasteiger partial charge in [0.1, 0.15) is 17.5 Å². The molecule has 1 aliphatic heterocycles. The van der Waals surface area contributed by atoms with E-state index in [0.717, 1.165) is 25.8 Å². The maximum absolute atomic E-state index is 13.5. The lowest BCUT2D eigenvalue weighted by Gasteiger charge is -2.23. The zero-order chi connectivity index (χ0) is 14.8. The quantitative estimate of drug-likeness (QED) is 0.887. The lowest BCUT2D eigenvalue weighted by molar-refractivity contribution is 0.397. The van der Waals surface area contributed by atoms with Gasteiger partial charge in [0.15, 0.2) is 4.90 Å². The van der Waals surface area contributed by atoms with Crippen molar-refractivity contribution < 1.29 is 21.6 Å². The Morgan fingerprint density at radius 1 is 1.20 bits per heavy atom. The van der Waals surface area contributed by atoms with Gasteiger partial charge in [0.05, 0.1) is 0 Å². The molecule has 1 heterocycles. The number of piperidine rings is 1. The van der Waals surface area contributed by atoms with E-state index in [9.17, 15) is 21.6 Å². The molecule has 0 aliphatic carbocycles. The van der Waals surface area contributed by atoms with Gasteiger partial charge in [-0.3, -0.25) is 0 Å². The Morgan fingerprint density at radius 3 is 2.40 bits per heavy atom. The van der Waals surface area contributed by atoms with E-state index in [4.69, 9.17) is 0 Å². The molecular formula is C12H15F3N2O2S. The van der Waals surface area contributed by atoms with E-state index in [1.165, 1.54) is 0 Å². The first-order chi connectivity index (χ1) is 9.40. The molecule has 0 saturated carbocycles. The van der Waals surface area contributed by atoms with Gasteiger partial charge in [0.25, 0.3) is 0 Å². The zero-order valence-corrected chi connectivity index (χ0v) is 11.4. The molecule has 112 valence electrons. The summed E-state index contributed by atoms with van der Waals surface area (Å²) < 4.78 is 65.6.